The van der Waals surface area contributed by atoms with Crippen LogP contribution < -0.4 is 5.32 Å². The largest absolute Gasteiger partial charge is 0.465 e. The Kier molecular flexibility index (Phi) is 5.84. The number of rotatable bonds is 4. The standard InChI is InChI=1S/C14H18BrClN2O2/c1-2-20-14(19)13-8-17-5-6-18(13)9-10-3-4-11(15)12(16)7-10/h3-4,7,13,17H,2,5-6,8-9H2,1H3. The molecule has 0 saturated carbocycles. The highest BCUT2D eigenvalue weighted by molar-refractivity contribution is 9.10. The number of carbonyl (C=O) groups excluding carboxylic acids is 1. The van der Waals surface area contributed by atoms with E-state index in [0.29, 0.717) is 24.7 Å². The molecule has 1 saturated heterocycles. The van der Waals surface area contributed by atoms with Crippen molar-refractivity contribution in [1.29, 1.82) is 0 Å². The van der Waals surface area contributed by atoms with Gasteiger partial charge in [0.15, 0.2) is 0 Å². The quantitative estimate of drug-likeness (QED) is 0.837. The van der Waals surface area contributed by atoms with Crippen LogP contribution in [0.3, 0.4) is 0 Å². The third-order valence-corrected chi connectivity index (χ3v) is 4.52. The first-order chi connectivity index (χ1) is 9.61. The Bertz CT molecular complexity index is 484. The molecule has 1 aromatic rings. The molecule has 1 unspecified atom stereocenters. The number of piperazine rings is 1. The summed E-state index contributed by atoms with van der Waals surface area (Å²) < 4.78 is 6.02. The molecular formula is C14H18BrClN2O2. The van der Waals surface area contributed by atoms with Crippen LogP contribution in [0.5, 0.6) is 0 Å². The van der Waals surface area contributed by atoms with E-state index >= 15 is 0 Å². The van der Waals surface area contributed by atoms with Gasteiger partial charge in [-0.15, -0.1) is 0 Å². The zero-order valence-corrected chi connectivity index (χ0v) is 13.7. The highest BCUT2D eigenvalue weighted by atomic mass is 79.9. The molecule has 0 radical (unpaired) electrons. The summed E-state index contributed by atoms with van der Waals surface area (Å²) in [6.07, 6.45) is 0. The van der Waals surface area contributed by atoms with E-state index < -0.39 is 0 Å². The molecule has 1 aliphatic heterocycles. The first-order valence-corrected chi connectivity index (χ1v) is 7.84. The number of ether oxygens (including phenoxy) is 1. The van der Waals surface area contributed by atoms with Crippen LogP contribution in [0.1, 0.15) is 12.5 Å². The predicted octanol–water partition coefficient (Wildman–Crippen LogP) is 2.44. The van der Waals surface area contributed by atoms with Gasteiger partial charge in [0.1, 0.15) is 6.04 Å². The number of halogens is 2. The molecule has 1 atom stereocenters. The van der Waals surface area contributed by atoms with E-state index in [4.69, 9.17) is 16.3 Å². The molecular weight excluding hydrogens is 344 g/mol. The lowest BCUT2D eigenvalue weighted by Gasteiger charge is -2.34. The number of hydrogen-bond donors (Lipinski definition) is 1. The molecule has 1 N–H and O–H groups in total. The van der Waals surface area contributed by atoms with Gasteiger partial charge in [-0.05, 0) is 40.5 Å². The Morgan fingerprint density at radius 1 is 1.60 bits per heavy atom. The van der Waals surface area contributed by atoms with E-state index in [1.165, 1.54) is 0 Å². The van der Waals surface area contributed by atoms with E-state index in [1.54, 1.807) is 0 Å². The third kappa shape index (κ3) is 3.95. The van der Waals surface area contributed by atoms with Crippen LogP contribution in [0, 0.1) is 0 Å². The maximum absolute atomic E-state index is 12.0. The number of benzene rings is 1. The zero-order valence-electron chi connectivity index (χ0n) is 11.4. The van der Waals surface area contributed by atoms with Gasteiger partial charge in [-0.25, -0.2) is 0 Å². The van der Waals surface area contributed by atoms with Gasteiger partial charge in [-0.3, -0.25) is 9.69 Å². The smallest absolute Gasteiger partial charge is 0.324 e. The van der Waals surface area contributed by atoms with Crippen LogP contribution in [0.15, 0.2) is 22.7 Å². The first-order valence-electron chi connectivity index (χ1n) is 6.67. The average Bonchev–Trinajstić information content (AvgIpc) is 2.44. The van der Waals surface area contributed by atoms with Crippen molar-refractivity contribution in [2.24, 2.45) is 0 Å². The number of carbonyl (C=O) groups is 1. The maximum atomic E-state index is 12.0. The summed E-state index contributed by atoms with van der Waals surface area (Å²) in [6.45, 7) is 5.25. The van der Waals surface area contributed by atoms with E-state index in [2.05, 4.69) is 26.1 Å². The van der Waals surface area contributed by atoms with Gasteiger partial charge in [0.25, 0.3) is 0 Å². The van der Waals surface area contributed by atoms with Crippen LogP contribution in [-0.4, -0.2) is 43.2 Å². The summed E-state index contributed by atoms with van der Waals surface area (Å²) in [5.74, 6) is -0.164. The SMILES string of the molecule is CCOC(=O)C1CNCCN1Cc1ccc(Br)c(Cl)c1. The lowest BCUT2D eigenvalue weighted by Crippen LogP contribution is -2.54. The van der Waals surface area contributed by atoms with E-state index in [9.17, 15) is 4.79 Å². The maximum Gasteiger partial charge on any atom is 0.324 e. The molecule has 1 heterocycles. The average molecular weight is 362 g/mol. The minimum absolute atomic E-state index is 0.164. The molecule has 20 heavy (non-hydrogen) atoms. The van der Waals surface area contributed by atoms with E-state index in [0.717, 1.165) is 23.1 Å². The Labute approximate surface area is 132 Å². The van der Waals surface area contributed by atoms with Gasteiger partial charge >= 0.3 is 5.97 Å². The Hall–Kier alpha value is -0.620. The van der Waals surface area contributed by atoms with Crippen molar-refractivity contribution in [1.82, 2.24) is 10.2 Å². The molecule has 0 amide bonds. The Morgan fingerprint density at radius 3 is 3.10 bits per heavy atom. The molecule has 0 bridgehead atoms. The summed E-state index contributed by atoms with van der Waals surface area (Å²) in [7, 11) is 0. The van der Waals surface area contributed by atoms with Crippen molar-refractivity contribution in [3.05, 3.63) is 33.3 Å². The Balaban J connectivity index is 2.08. The minimum atomic E-state index is -0.230. The fourth-order valence-corrected chi connectivity index (χ4v) is 2.73. The van der Waals surface area contributed by atoms with Crippen molar-refractivity contribution in [2.75, 3.05) is 26.2 Å². The summed E-state index contributed by atoms with van der Waals surface area (Å²) >= 11 is 9.49. The minimum Gasteiger partial charge on any atom is -0.465 e. The summed E-state index contributed by atoms with van der Waals surface area (Å²) in [5, 5.41) is 3.92. The molecule has 1 fully saturated rings. The Morgan fingerprint density at radius 2 is 2.40 bits per heavy atom. The van der Waals surface area contributed by atoms with Crippen molar-refractivity contribution >= 4 is 33.5 Å². The van der Waals surface area contributed by atoms with Crippen LogP contribution >= 0.6 is 27.5 Å². The molecule has 4 nitrogen and oxygen atoms in total. The topological polar surface area (TPSA) is 41.6 Å². The second kappa shape index (κ2) is 7.41. The van der Waals surface area contributed by atoms with Crippen molar-refractivity contribution in [3.63, 3.8) is 0 Å². The summed E-state index contributed by atoms with van der Waals surface area (Å²) in [5.41, 5.74) is 1.09. The van der Waals surface area contributed by atoms with Crippen LogP contribution in [0.25, 0.3) is 0 Å². The van der Waals surface area contributed by atoms with Gasteiger partial charge in [-0.1, -0.05) is 17.7 Å². The normalized spacial score (nSPS) is 19.9. The van der Waals surface area contributed by atoms with E-state index in [-0.39, 0.29) is 12.0 Å². The van der Waals surface area contributed by atoms with Crippen LogP contribution in [0.4, 0.5) is 0 Å². The van der Waals surface area contributed by atoms with Crippen molar-refractivity contribution < 1.29 is 9.53 Å². The lowest BCUT2D eigenvalue weighted by atomic mass is 10.1. The highest BCUT2D eigenvalue weighted by Gasteiger charge is 2.29. The number of hydrogen-bond acceptors (Lipinski definition) is 4. The lowest BCUT2D eigenvalue weighted by molar-refractivity contribution is -0.150. The molecule has 0 aromatic heterocycles. The summed E-state index contributed by atoms with van der Waals surface area (Å²) in [4.78, 5) is 14.1. The highest BCUT2D eigenvalue weighted by Crippen LogP contribution is 2.24. The number of esters is 1. The molecule has 2 rings (SSSR count). The molecule has 1 aliphatic rings. The molecule has 0 aliphatic carbocycles. The monoisotopic (exact) mass is 360 g/mol. The van der Waals surface area contributed by atoms with Crippen molar-refractivity contribution in [3.8, 4) is 0 Å². The second-order valence-corrected chi connectivity index (χ2v) is 5.95. The third-order valence-electron chi connectivity index (χ3n) is 3.28. The van der Waals surface area contributed by atoms with E-state index in [1.807, 2.05) is 25.1 Å². The number of nitrogens with zero attached hydrogens (tertiary/aromatic N) is 1. The fourth-order valence-electron chi connectivity index (χ4n) is 2.28. The first kappa shape index (κ1) is 15.8. The van der Waals surface area contributed by atoms with Crippen LogP contribution in [-0.2, 0) is 16.1 Å². The molecule has 0 spiro atoms. The second-order valence-electron chi connectivity index (χ2n) is 4.69. The van der Waals surface area contributed by atoms with Gasteiger partial charge in [0.2, 0.25) is 0 Å². The molecule has 1 aromatic carbocycles. The molecule has 6 heteroatoms. The molecule has 110 valence electrons. The fraction of sp³-hybridized carbons (Fsp3) is 0.500. The van der Waals surface area contributed by atoms with Gasteiger partial charge < -0.3 is 10.1 Å². The summed E-state index contributed by atoms with van der Waals surface area (Å²) in [6, 6.07) is 5.64. The van der Waals surface area contributed by atoms with Gasteiger partial charge in [0.05, 0.1) is 11.6 Å². The zero-order chi connectivity index (χ0) is 14.5. The van der Waals surface area contributed by atoms with Gasteiger partial charge in [-0.2, -0.15) is 0 Å². The van der Waals surface area contributed by atoms with Gasteiger partial charge in [0, 0.05) is 30.7 Å². The van der Waals surface area contributed by atoms with Crippen molar-refractivity contribution in [2.45, 2.75) is 19.5 Å². The predicted molar refractivity (Wildman–Crippen MR) is 82.9 cm³/mol. The number of nitrogens with one attached hydrogen (secondary N) is 1. The van der Waals surface area contributed by atoms with Crippen LogP contribution in [0.2, 0.25) is 5.02 Å².